The van der Waals surface area contributed by atoms with Crippen molar-refractivity contribution in [3.8, 4) is 0 Å². The van der Waals surface area contributed by atoms with Gasteiger partial charge in [0, 0.05) is 10.9 Å². The molecule has 5 nitrogen and oxygen atoms in total. The molecule has 0 radical (unpaired) electrons. The Morgan fingerprint density at radius 2 is 2.05 bits per heavy atom. The van der Waals surface area contributed by atoms with Crippen LogP contribution in [-0.4, -0.2) is 28.9 Å². The molecule has 1 heterocycles. The maximum Gasteiger partial charge on any atom is 0.239 e. The molecule has 0 aliphatic rings. The van der Waals surface area contributed by atoms with Gasteiger partial charge in [0.2, 0.25) is 11.8 Å². The van der Waals surface area contributed by atoms with E-state index >= 15 is 0 Å². The highest BCUT2D eigenvalue weighted by atomic mass is 35.5. The van der Waals surface area contributed by atoms with Crippen molar-refractivity contribution in [1.29, 1.82) is 0 Å². The van der Waals surface area contributed by atoms with Gasteiger partial charge in [-0.1, -0.05) is 0 Å². The lowest BCUT2D eigenvalue weighted by Gasteiger charge is -2.20. The molecule has 0 aromatic carbocycles. The number of alkyl halides is 1. The lowest BCUT2D eigenvalue weighted by atomic mass is 10.1. The standard InChI is InChI=1S/C12H18ClN3O2S/c1-12(2,3)16-10(18)6-14-9(17)4-11-15-8(5-13)7-19-11/h7H,4-6H2,1-3H3,(H,14,17)(H,16,18). The highest BCUT2D eigenvalue weighted by Crippen LogP contribution is 2.11. The monoisotopic (exact) mass is 303 g/mol. The summed E-state index contributed by atoms with van der Waals surface area (Å²) in [5.41, 5.74) is 0.465. The number of hydrogen-bond acceptors (Lipinski definition) is 4. The minimum absolute atomic E-state index is 0.0240. The van der Waals surface area contributed by atoms with Crippen LogP contribution in [0.25, 0.3) is 0 Å². The second-order valence-electron chi connectivity index (χ2n) is 5.12. The van der Waals surface area contributed by atoms with E-state index in [9.17, 15) is 9.59 Å². The second kappa shape index (κ2) is 6.86. The fourth-order valence-electron chi connectivity index (χ4n) is 1.33. The first-order chi connectivity index (χ1) is 8.80. The number of aromatic nitrogens is 1. The molecule has 1 aromatic heterocycles. The van der Waals surface area contributed by atoms with Crippen LogP contribution in [0.5, 0.6) is 0 Å². The smallest absolute Gasteiger partial charge is 0.239 e. The van der Waals surface area contributed by atoms with Gasteiger partial charge in [0.05, 0.1) is 24.5 Å². The zero-order valence-corrected chi connectivity index (χ0v) is 12.8. The van der Waals surface area contributed by atoms with Gasteiger partial charge >= 0.3 is 0 Å². The molecule has 0 aliphatic carbocycles. The minimum Gasteiger partial charge on any atom is -0.350 e. The van der Waals surface area contributed by atoms with Crippen molar-refractivity contribution in [3.63, 3.8) is 0 Å². The van der Waals surface area contributed by atoms with E-state index in [1.807, 2.05) is 26.2 Å². The molecule has 0 spiro atoms. The summed E-state index contributed by atoms with van der Waals surface area (Å²) >= 11 is 7.02. The SMILES string of the molecule is CC(C)(C)NC(=O)CNC(=O)Cc1nc(CCl)cs1. The van der Waals surface area contributed by atoms with Crippen molar-refractivity contribution in [2.24, 2.45) is 0 Å². The summed E-state index contributed by atoms with van der Waals surface area (Å²) in [5, 5.41) is 7.85. The maximum absolute atomic E-state index is 11.6. The third-order valence-electron chi connectivity index (χ3n) is 2.01. The number of carbonyl (C=O) groups excluding carboxylic acids is 2. The number of halogens is 1. The molecule has 7 heteroatoms. The summed E-state index contributed by atoms with van der Waals surface area (Å²) < 4.78 is 0. The van der Waals surface area contributed by atoms with Crippen LogP contribution < -0.4 is 10.6 Å². The average molecular weight is 304 g/mol. The van der Waals surface area contributed by atoms with Crippen molar-refractivity contribution in [3.05, 3.63) is 16.1 Å². The molecule has 2 N–H and O–H groups in total. The quantitative estimate of drug-likeness (QED) is 0.809. The molecular weight excluding hydrogens is 286 g/mol. The minimum atomic E-state index is -0.299. The van der Waals surface area contributed by atoms with E-state index < -0.39 is 0 Å². The van der Waals surface area contributed by atoms with Crippen LogP contribution in [0.2, 0.25) is 0 Å². The Bertz CT molecular complexity index is 454. The number of amides is 2. The Kier molecular flexibility index (Phi) is 5.75. The second-order valence-corrected chi connectivity index (χ2v) is 6.33. The number of rotatable bonds is 5. The Hall–Kier alpha value is -1.14. The summed E-state index contributed by atoms with van der Waals surface area (Å²) in [6, 6.07) is 0. The Balaban J connectivity index is 2.34. The molecule has 0 bridgehead atoms. The lowest BCUT2D eigenvalue weighted by molar-refractivity contribution is -0.126. The summed E-state index contributed by atoms with van der Waals surface area (Å²) in [5.74, 6) is -0.0903. The van der Waals surface area contributed by atoms with Crippen LogP contribution in [0.3, 0.4) is 0 Å². The molecular formula is C12H18ClN3O2S. The fraction of sp³-hybridized carbons (Fsp3) is 0.583. The molecule has 0 unspecified atom stereocenters. The van der Waals surface area contributed by atoms with Crippen molar-refractivity contribution in [2.45, 2.75) is 38.6 Å². The largest absolute Gasteiger partial charge is 0.350 e. The van der Waals surface area contributed by atoms with Crippen molar-refractivity contribution in [2.75, 3.05) is 6.54 Å². The summed E-state index contributed by atoms with van der Waals surface area (Å²) in [6.07, 6.45) is 0.171. The highest BCUT2D eigenvalue weighted by Gasteiger charge is 2.14. The van der Waals surface area contributed by atoms with Gasteiger partial charge in [-0.25, -0.2) is 4.98 Å². The molecule has 0 saturated carbocycles. The number of thiazole rings is 1. The van der Waals surface area contributed by atoms with Crippen LogP contribution in [0.15, 0.2) is 5.38 Å². The lowest BCUT2D eigenvalue weighted by Crippen LogP contribution is -2.46. The van der Waals surface area contributed by atoms with E-state index in [0.29, 0.717) is 10.9 Å². The average Bonchev–Trinajstić information content (AvgIpc) is 2.72. The molecule has 2 amide bonds. The fourth-order valence-corrected chi connectivity index (χ4v) is 2.35. The third-order valence-corrected chi connectivity index (χ3v) is 3.18. The van der Waals surface area contributed by atoms with E-state index in [0.717, 1.165) is 5.69 Å². The predicted octanol–water partition coefficient (Wildman–Crippen LogP) is 1.46. The molecule has 0 fully saturated rings. The van der Waals surface area contributed by atoms with Crippen molar-refractivity contribution >= 4 is 34.8 Å². The van der Waals surface area contributed by atoms with Crippen molar-refractivity contribution in [1.82, 2.24) is 15.6 Å². The van der Waals surface area contributed by atoms with Gasteiger partial charge in [-0.3, -0.25) is 9.59 Å². The van der Waals surface area contributed by atoms with Gasteiger partial charge in [0.15, 0.2) is 0 Å². The molecule has 0 aliphatic heterocycles. The number of nitrogens with zero attached hydrogens (tertiary/aromatic N) is 1. The van der Waals surface area contributed by atoms with Crippen LogP contribution in [0.4, 0.5) is 0 Å². The van der Waals surface area contributed by atoms with E-state index in [2.05, 4.69) is 15.6 Å². The van der Waals surface area contributed by atoms with Gasteiger partial charge in [-0.15, -0.1) is 22.9 Å². The van der Waals surface area contributed by atoms with Crippen LogP contribution in [0.1, 0.15) is 31.5 Å². The van der Waals surface area contributed by atoms with E-state index in [1.165, 1.54) is 11.3 Å². The first-order valence-electron chi connectivity index (χ1n) is 5.87. The summed E-state index contributed by atoms with van der Waals surface area (Å²) in [7, 11) is 0. The summed E-state index contributed by atoms with van der Waals surface area (Å²) in [4.78, 5) is 27.3. The normalized spacial score (nSPS) is 11.2. The van der Waals surface area contributed by atoms with Crippen molar-refractivity contribution < 1.29 is 9.59 Å². The Morgan fingerprint density at radius 1 is 1.37 bits per heavy atom. The number of hydrogen-bond donors (Lipinski definition) is 2. The molecule has 1 aromatic rings. The summed E-state index contributed by atoms with van der Waals surface area (Å²) in [6.45, 7) is 5.63. The van der Waals surface area contributed by atoms with Gasteiger partial charge in [-0.2, -0.15) is 0 Å². The van der Waals surface area contributed by atoms with E-state index in [-0.39, 0.29) is 30.3 Å². The molecule has 1 rings (SSSR count). The van der Waals surface area contributed by atoms with Crippen LogP contribution in [0, 0.1) is 0 Å². The Morgan fingerprint density at radius 3 is 2.58 bits per heavy atom. The van der Waals surface area contributed by atoms with Gasteiger partial charge < -0.3 is 10.6 Å². The molecule has 0 atom stereocenters. The maximum atomic E-state index is 11.6. The van der Waals surface area contributed by atoms with Gasteiger partial charge in [-0.05, 0) is 20.8 Å². The topological polar surface area (TPSA) is 71.1 Å². The van der Waals surface area contributed by atoms with Crippen LogP contribution >= 0.6 is 22.9 Å². The third kappa shape index (κ3) is 6.54. The zero-order valence-electron chi connectivity index (χ0n) is 11.2. The predicted molar refractivity (Wildman–Crippen MR) is 76.3 cm³/mol. The molecule has 19 heavy (non-hydrogen) atoms. The van der Waals surface area contributed by atoms with E-state index in [4.69, 9.17) is 11.6 Å². The zero-order chi connectivity index (χ0) is 14.5. The molecule has 0 saturated heterocycles. The van der Waals surface area contributed by atoms with Crippen LogP contribution in [-0.2, 0) is 21.9 Å². The van der Waals surface area contributed by atoms with E-state index in [1.54, 1.807) is 0 Å². The van der Waals surface area contributed by atoms with Gasteiger partial charge in [0.25, 0.3) is 0 Å². The first-order valence-corrected chi connectivity index (χ1v) is 7.28. The number of nitrogens with one attached hydrogen (secondary N) is 2. The highest BCUT2D eigenvalue weighted by molar-refractivity contribution is 7.09. The Labute approximate surface area is 121 Å². The first kappa shape index (κ1) is 15.9. The van der Waals surface area contributed by atoms with Gasteiger partial charge in [0.1, 0.15) is 5.01 Å². The molecule has 106 valence electrons. The number of carbonyl (C=O) groups is 2.